The molecular formula is C23H21FN2O2. The third kappa shape index (κ3) is 3.74. The standard InChI is InChI=1S/C23H21FN2O2/c24-19-10-12-20(13-11-19)26(16-25-14-4-9-22(25)27)23(28)15-18-7-3-6-17-5-1-2-8-21(17)18/h1-3,5-8,10-13H,4,9,14-16H2. The first-order valence-corrected chi connectivity index (χ1v) is 9.42. The zero-order chi connectivity index (χ0) is 19.5. The monoisotopic (exact) mass is 376 g/mol. The minimum atomic E-state index is -0.359. The van der Waals surface area contributed by atoms with Gasteiger partial charge in [-0.25, -0.2) is 4.39 Å². The maximum absolute atomic E-state index is 13.4. The Balaban J connectivity index is 1.64. The molecule has 3 aromatic rings. The van der Waals surface area contributed by atoms with Crippen LogP contribution in [0.25, 0.3) is 10.8 Å². The summed E-state index contributed by atoms with van der Waals surface area (Å²) < 4.78 is 13.4. The van der Waals surface area contributed by atoms with Crippen molar-refractivity contribution in [3.05, 3.63) is 78.1 Å². The van der Waals surface area contributed by atoms with Gasteiger partial charge in [0.1, 0.15) is 12.5 Å². The number of benzene rings is 3. The summed E-state index contributed by atoms with van der Waals surface area (Å²) in [4.78, 5) is 28.6. The van der Waals surface area contributed by atoms with Crippen LogP contribution in [0.3, 0.4) is 0 Å². The van der Waals surface area contributed by atoms with Gasteiger partial charge in [-0.05, 0) is 47.0 Å². The molecule has 2 amide bonds. The molecule has 142 valence electrons. The Labute approximate surface area is 163 Å². The quantitative estimate of drug-likeness (QED) is 0.672. The molecule has 4 rings (SSSR count). The maximum Gasteiger partial charge on any atom is 0.232 e. The molecule has 0 unspecified atom stereocenters. The molecule has 5 heteroatoms. The number of carbonyl (C=O) groups excluding carboxylic acids is 2. The molecule has 0 spiro atoms. The fourth-order valence-electron chi connectivity index (χ4n) is 3.65. The Hall–Kier alpha value is -3.21. The molecule has 0 atom stereocenters. The highest BCUT2D eigenvalue weighted by Crippen LogP contribution is 2.23. The lowest BCUT2D eigenvalue weighted by Crippen LogP contribution is -2.43. The Kier molecular flexibility index (Phi) is 5.06. The number of halogens is 1. The minimum absolute atomic E-state index is 0.0464. The Morgan fingerprint density at radius 3 is 2.50 bits per heavy atom. The number of likely N-dealkylation sites (tertiary alicyclic amines) is 1. The van der Waals surface area contributed by atoms with E-state index in [1.54, 1.807) is 21.9 Å². The second-order valence-corrected chi connectivity index (χ2v) is 7.02. The van der Waals surface area contributed by atoms with Crippen molar-refractivity contribution >= 4 is 28.3 Å². The summed E-state index contributed by atoms with van der Waals surface area (Å²) >= 11 is 0. The van der Waals surface area contributed by atoms with E-state index in [2.05, 4.69) is 0 Å². The number of carbonyl (C=O) groups is 2. The van der Waals surface area contributed by atoms with Crippen LogP contribution in [-0.4, -0.2) is 29.9 Å². The van der Waals surface area contributed by atoms with Gasteiger partial charge < -0.3 is 4.90 Å². The van der Waals surface area contributed by atoms with Crippen molar-refractivity contribution in [3.8, 4) is 0 Å². The predicted molar refractivity (Wildman–Crippen MR) is 107 cm³/mol. The van der Waals surface area contributed by atoms with Gasteiger partial charge in [-0.1, -0.05) is 42.5 Å². The maximum atomic E-state index is 13.4. The normalized spacial score (nSPS) is 13.9. The second kappa shape index (κ2) is 7.80. The zero-order valence-corrected chi connectivity index (χ0v) is 15.5. The topological polar surface area (TPSA) is 40.6 Å². The number of fused-ring (bicyclic) bond motifs is 1. The van der Waals surface area contributed by atoms with E-state index in [-0.39, 0.29) is 30.7 Å². The molecule has 0 N–H and O–H groups in total. The van der Waals surface area contributed by atoms with Gasteiger partial charge >= 0.3 is 0 Å². The van der Waals surface area contributed by atoms with Crippen molar-refractivity contribution in [2.75, 3.05) is 18.1 Å². The van der Waals surface area contributed by atoms with E-state index in [1.807, 2.05) is 42.5 Å². The molecule has 1 saturated heterocycles. The lowest BCUT2D eigenvalue weighted by molar-refractivity contribution is -0.128. The molecule has 1 aliphatic rings. The highest BCUT2D eigenvalue weighted by atomic mass is 19.1. The van der Waals surface area contributed by atoms with Crippen LogP contribution in [0.5, 0.6) is 0 Å². The first-order chi connectivity index (χ1) is 13.6. The molecule has 0 radical (unpaired) electrons. The Morgan fingerprint density at radius 2 is 1.75 bits per heavy atom. The van der Waals surface area contributed by atoms with E-state index >= 15 is 0 Å². The van der Waals surface area contributed by atoms with Gasteiger partial charge in [0.05, 0.1) is 6.42 Å². The fraction of sp³-hybridized carbons (Fsp3) is 0.217. The SMILES string of the molecule is O=C1CCCN1CN(C(=O)Cc1cccc2ccccc12)c1ccc(F)cc1. The molecule has 0 aliphatic carbocycles. The first kappa shape index (κ1) is 18.2. The van der Waals surface area contributed by atoms with Crippen LogP contribution in [0.1, 0.15) is 18.4 Å². The number of rotatable bonds is 5. The fourth-order valence-corrected chi connectivity index (χ4v) is 3.65. The Bertz CT molecular complexity index is 1010. The molecule has 1 heterocycles. The number of hydrogen-bond donors (Lipinski definition) is 0. The van der Waals surface area contributed by atoms with Gasteiger partial charge in [-0.15, -0.1) is 0 Å². The predicted octanol–water partition coefficient (Wildman–Crippen LogP) is 4.13. The average molecular weight is 376 g/mol. The summed E-state index contributed by atoms with van der Waals surface area (Å²) in [7, 11) is 0. The van der Waals surface area contributed by atoms with E-state index in [4.69, 9.17) is 0 Å². The summed E-state index contributed by atoms with van der Waals surface area (Å²) in [6.07, 6.45) is 1.52. The van der Waals surface area contributed by atoms with Crippen LogP contribution in [0.4, 0.5) is 10.1 Å². The van der Waals surface area contributed by atoms with Gasteiger partial charge in [0, 0.05) is 18.7 Å². The van der Waals surface area contributed by atoms with E-state index in [1.165, 1.54) is 12.1 Å². The third-order valence-electron chi connectivity index (χ3n) is 5.14. The molecule has 1 aliphatic heterocycles. The largest absolute Gasteiger partial charge is 0.324 e. The molecule has 28 heavy (non-hydrogen) atoms. The summed E-state index contributed by atoms with van der Waals surface area (Å²) in [5, 5.41) is 2.12. The van der Waals surface area contributed by atoms with Crippen molar-refractivity contribution < 1.29 is 14.0 Å². The average Bonchev–Trinajstić information content (AvgIpc) is 3.12. The van der Waals surface area contributed by atoms with Crippen LogP contribution in [0.2, 0.25) is 0 Å². The Morgan fingerprint density at radius 1 is 1.00 bits per heavy atom. The van der Waals surface area contributed by atoms with Crippen LogP contribution in [0, 0.1) is 5.82 Å². The third-order valence-corrected chi connectivity index (χ3v) is 5.14. The summed E-state index contributed by atoms with van der Waals surface area (Å²) in [5.41, 5.74) is 1.52. The summed E-state index contributed by atoms with van der Waals surface area (Å²) in [6.45, 7) is 0.826. The zero-order valence-electron chi connectivity index (χ0n) is 15.5. The number of hydrogen-bond acceptors (Lipinski definition) is 2. The van der Waals surface area contributed by atoms with Gasteiger partial charge in [0.2, 0.25) is 11.8 Å². The smallest absolute Gasteiger partial charge is 0.232 e. The molecule has 1 fully saturated rings. The van der Waals surface area contributed by atoms with Gasteiger partial charge in [-0.2, -0.15) is 0 Å². The second-order valence-electron chi connectivity index (χ2n) is 7.02. The summed E-state index contributed by atoms with van der Waals surface area (Å²) in [6, 6.07) is 19.7. The number of anilines is 1. The van der Waals surface area contributed by atoms with Crippen molar-refractivity contribution in [2.24, 2.45) is 0 Å². The molecule has 0 bridgehead atoms. The lowest BCUT2D eigenvalue weighted by atomic mass is 10.0. The van der Waals surface area contributed by atoms with Crippen molar-refractivity contribution in [2.45, 2.75) is 19.3 Å². The lowest BCUT2D eigenvalue weighted by Gasteiger charge is -2.28. The summed E-state index contributed by atoms with van der Waals surface area (Å²) in [5.74, 6) is -0.435. The number of nitrogens with zero attached hydrogens (tertiary/aromatic N) is 2. The van der Waals surface area contributed by atoms with Crippen molar-refractivity contribution in [1.29, 1.82) is 0 Å². The highest BCUT2D eigenvalue weighted by molar-refractivity contribution is 5.98. The van der Waals surface area contributed by atoms with Gasteiger partial charge in [0.25, 0.3) is 0 Å². The van der Waals surface area contributed by atoms with Crippen LogP contribution >= 0.6 is 0 Å². The minimum Gasteiger partial charge on any atom is -0.324 e. The molecule has 0 aromatic heterocycles. The molecule has 4 nitrogen and oxygen atoms in total. The van der Waals surface area contributed by atoms with Crippen molar-refractivity contribution in [3.63, 3.8) is 0 Å². The van der Waals surface area contributed by atoms with E-state index < -0.39 is 0 Å². The van der Waals surface area contributed by atoms with E-state index in [0.29, 0.717) is 18.7 Å². The molecular weight excluding hydrogens is 355 g/mol. The van der Waals surface area contributed by atoms with E-state index in [0.717, 1.165) is 22.8 Å². The van der Waals surface area contributed by atoms with Gasteiger partial charge in [-0.3, -0.25) is 14.5 Å². The van der Waals surface area contributed by atoms with Crippen molar-refractivity contribution in [1.82, 2.24) is 4.90 Å². The highest BCUT2D eigenvalue weighted by Gasteiger charge is 2.26. The molecule has 3 aromatic carbocycles. The molecule has 0 saturated carbocycles. The van der Waals surface area contributed by atoms with Crippen LogP contribution < -0.4 is 4.90 Å². The van der Waals surface area contributed by atoms with Crippen LogP contribution in [0.15, 0.2) is 66.7 Å². The van der Waals surface area contributed by atoms with Gasteiger partial charge in [0.15, 0.2) is 0 Å². The van der Waals surface area contributed by atoms with E-state index in [9.17, 15) is 14.0 Å². The first-order valence-electron chi connectivity index (χ1n) is 9.42. The number of amides is 2. The van der Waals surface area contributed by atoms with Crippen LogP contribution in [-0.2, 0) is 16.0 Å².